The third kappa shape index (κ3) is 5.72. The van der Waals surface area contributed by atoms with Gasteiger partial charge in [-0.15, -0.1) is 35.7 Å². The Morgan fingerprint density at radius 1 is 1.40 bits per heavy atom. The molecule has 1 heterocycles. The summed E-state index contributed by atoms with van der Waals surface area (Å²) in [5, 5.41) is 3.23. The molecule has 5 nitrogen and oxygen atoms in total. The van der Waals surface area contributed by atoms with E-state index in [1.807, 2.05) is 11.0 Å². The van der Waals surface area contributed by atoms with Gasteiger partial charge in [-0.3, -0.25) is 4.99 Å². The molecular weight excluding hydrogens is 476 g/mol. The first-order valence-corrected chi connectivity index (χ1v) is 10.5. The molecule has 1 saturated heterocycles. The lowest BCUT2D eigenvalue weighted by Crippen LogP contribution is -2.57. The lowest BCUT2D eigenvalue weighted by Gasteiger charge is -2.39. The van der Waals surface area contributed by atoms with Crippen molar-refractivity contribution in [3.8, 4) is 0 Å². The van der Waals surface area contributed by atoms with Crippen LogP contribution in [0.5, 0.6) is 0 Å². The van der Waals surface area contributed by atoms with Crippen molar-refractivity contribution in [3.63, 3.8) is 0 Å². The van der Waals surface area contributed by atoms with Crippen LogP contribution >= 0.6 is 35.7 Å². The maximum Gasteiger partial charge on any atom is 0.193 e. The van der Waals surface area contributed by atoms with Crippen LogP contribution in [0.1, 0.15) is 13.8 Å². The topological polar surface area (TPSA) is 61.8 Å². The van der Waals surface area contributed by atoms with Crippen LogP contribution in [-0.4, -0.2) is 62.2 Å². The van der Waals surface area contributed by atoms with Gasteiger partial charge < -0.3 is 10.2 Å². The molecule has 0 amide bonds. The summed E-state index contributed by atoms with van der Waals surface area (Å²) in [4.78, 5) is 6.83. The van der Waals surface area contributed by atoms with Gasteiger partial charge in [-0.25, -0.2) is 12.8 Å². The Balaban J connectivity index is 0.00000312. The molecule has 1 aliphatic heterocycles. The van der Waals surface area contributed by atoms with Crippen molar-refractivity contribution in [3.05, 3.63) is 30.1 Å². The van der Waals surface area contributed by atoms with Crippen molar-refractivity contribution in [1.29, 1.82) is 0 Å². The highest BCUT2D eigenvalue weighted by atomic mass is 127. The maximum absolute atomic E-state index is 13.6. The lowest BCUT2D eigenvalue weighted by atomic mass is 10.2. The molecule has 9 heteroatoms. The molecule has 1 aliphatic rings. The van der Waals surface area contributed by atoms with Gasteiger partial charge in [-0.05, 0) is 26.0 Å². The summed E-state index contributed by atoms with van der Waals surface area (Å²) in [5.74, 6) is 1.29. The van der Waals surface area contributed by atoms with Gasteiger partial charge >= 0.3 is 0 Å². The number of aliphatic imine (C=N–C) groups is 1. The number of thioether (sulfide) groups is 1. The molecule has 0 radical (unpaired) electrons. The highest BCUT2D eigenvalue weighted by molar-refractivity contribution is 14.0. The van der Waals surface area contributed by atoms with Gasteiger partial charge in [0.25, 0.3) is 0 Å². The Hall–Kier alpha value is -0.550. The van der Waals surface area contributed by atoms with Crippen molar-refractivity contribution >= 4 is 51.5 Å². The Morgan fingerprint density at radius 2 is 2.08 bits per heavy atom. The number of sulfone groups is 1. The highest BCUT2D eigenvalue weighted by Crippen LogP contribution is 2.24. The van der Waals surface area contributed by atoms with Crippen LogP contribution in [0.25, 0.3) is 0 Å². The Kier molecular flexibility index (Phi) is 8.46. The number of hydrogen-bond donors (Lipinski definition) is 1. The van der Waals surface area contributed by atoms with E-state index in [0.29, 0.717) is 36.2 Å². The number of nitrogens with zero attached hydrogens (tertiary/aromatic N) is 2. The van der Waals surface area contributed by atoms with E-state index < -0.39 is 14.6 Å². The number of guanidine groups is 1. The Bertz CT molecular complexity index is 711. The van der Waals surface area contributed by atoms with E-state index in [9.17, 15) is 12.8 Å². The summed E-state index contributed by atoms with van der Waals surface area (Å²) in [6.45, 7) is 4.96. The number of nitrogens with one attached hydrogen (secondary N) is 1. The second-order valence-corrected chi connectivity index (χ2v) is 10.1. The molecule has 0 bridgehead atoms. The monoisotopic (exact) mass is 501 g/mol. The molecule has 0 atom stereocenters. The normalized spacial score (nSPS) is 19.2. The van der Waals surface area contributed by atoms with Crippen LogP contribution in [0, 0.1) is 5.82 Å². The van der Waals surface area contributed by atoms with Gasteiger partial charge in [0.05, 0.1) is 10.5 Å². The summed E-state index contributed by atoms with van der Waals surface area (Å²) in [6.07, 6.45) is 0. The standard InChI is InChI=1S/C16H24FN3O2S2.HI/c1-16(2)12-20(9-11-24(16,21)22)15(18-3)19-8-10-23-14-7-5-4-6-13(14)17;/h4-7H,8-12H2,1-3H3,(H,18,19);1H. The highest BCUT2D eigenvalue weighted by Gasteiger charge is 2.40. The van der Waals surface area contributed by atoms with E-state index in [2.05, 4.69) is 10.3 Å². The fourth-order valence-corrected chi connectivity index (χ4v) is 4.71. The Morgan fingerprint density at radius 3 is 2.68 bits per heavy atom. The van der Waals surface area contributed by atoms with Crippen LogP contribution < -0.4 is 5.32 Å². The molecule has 2 rings (SSSR count). The average Bonchev–Trinajstić information content (AvgIpc) is 2.52. The molecule has 0 aliphatic carbocycles. The van der Waals surface area contributed by atoms with Gasteiger partial charge in [0.2, 0.25) is 0 Å². The first-order chi connectivity index (χ1) is 11.3. The van der Waals surface area contributed by atoms with Gasteiger partial charge in [-0.2, -0.15) is 0 Å². The van der Waals surface area contributed by atoms with E-state index in [1.165, 1.54) is 17.8 Å². The molecule has 1 aromatic carbocycles. The van der Waals surface area contributed by atoms with Crippen molar-refractivity contribution in [2.24, 2.45) is 4.99 Å². The molecule has 1 N–H and O–H groups in total. The third-order valence-corrected chi connectivity index (χ3v) is 7.62. The second kappa shape index (κ2) is 9.40. The van der Waals surface area contributed by atoms with Gasteiger partial charge in [0.15, 0.2) is 15.8 Å². The minimum atomic E-state index is -3.07. The molecule has 0 saturated carbocycles. The molecule has 0 aromatic heterocycles. The SMILES string of the molecule is CN=C(NCCSc1ccccc1F)N1CCS(=O)(=O)C(C)(C)C1.I. The van der Waals surface area contributed by atoms with Gasteiger partial charge in [0.1, 0.15) is 5.82 Å². The van der Waals surface area contributed by atoms with Crippen LogP contribution in [0.3, 0.4) is 0 Å². The van der Waals surface area contributed by atoms with Gasteiger partial charge in [-0.1, -0.05) is 12.1 Å². The third-order valence-electron chi connectivity index (χ3n) is 4.03. The zero-order valence-corrected chi connectivity index (χ0v) is 18.6. The summed E-state index contributed by atoms with van der Waals surface area (Å²) in [7, 11) is -1.39. The van der Waals surface area contributed by atoms with Crippen LogP contribution in [0.2, 0.25) is 0 Å². The quantitative estimate of drug-likeness (QED) is 0.226. The maximum atomic E-state index is 13.6. The summed E-state index contributed by atoms with van der Waals surface area (Å²) in [6, 6.07) is 6.69. The average molecular weight is 501 g/mol. The van der Waals surface area contributed by atoms with Crippen molar-refractivity contribution in [2.45, 2.75) is 23.5 Å². The van der Waals surface area contributed by atoms with Crippen molar-refractivity contribution in [1.82, 2.24) is 10.2 Å². The number of benzene rings is 1. The van der Waals surface area contributed by atoms with E-state index in [4.69, 9.17) is 0 Å². The second-order valence-electron chi connectivity index (χ2n) is 6.25. The minimum Gasteiger partial charge on any atom is -0.355 e. The summed E-state index contributed by atoms with van der Waals surface area (Å²) >= 11 is 1.44. The minimum absolute atomic E-state index is 0. The Labute approximate surface area is 170 Å². The van der Waals surface area contributed by atoms with E-state index in [-0.39, 0.29) is 35.5 Å². The fourth-order valence-electron chi connectivity index (χ4n) is 2.54. The largest absolute Gasteiger partial charge is 0.355 e. The predicted molar refractivity (Wildman–Crippen MR) is 113 cm³/mol. The smallest absolute Gasteiger partial charge is 0.193 e. The molecule has 25 heavy (non-hydrogen) atoms. The van der Waals surface area contributed by atoms with E-state index in [1.54, 1.807) is 33.0 Å². The molecular formula is C16H25FIN3O2S2. The van der Waals surface area contributed by atoms with Gasteiger partial charge in [0, 0.05) is 37.3 Å². The lowest BCUT2D eigenvalue weighted by molar-refractivity contribution is 0.354. The molecule has 1 aromatic rings. The van der Waals surface area contributed by atoms with Crippen LogP contribution in [0.4, 0.5) is 4.39 Å². The molecule has 0 unspecified atom stereocenters. The fraction of sp³-hybridized carbons (Fsp3) is 0.562. The number of hydrogen-bond acceptors (Lipinski definition) is 4. The number of halogens is 2. The first kappa shape index (κ1) is 22.5. The van der Waals surface area contributed by atoms with E-state index >= 15 is 0 Å². The number of rotatable bonds is 4. The molecule has 142 valence electrons. The summed E-state index contributed by atoms with van der Waals surface area (Å²) in [5.41, 5.74) is 0. The molecule has 0 spiro atoms. The summed E-state index contributed by atoms with van der Waals surface area (Å²) < 4.78 is 36.9. The van der Waals surface area contributed by atoms with Crippen molar-refractivity contribution < 1.29 is 12.8 Å². The van der Waals surface area contributed by atoms with Crippen molar-refractivity contribution in [2.75, 3.05) is 38.2 Å². The zero-order chi connectivity index (χ0) is 17.8. The predicted octanol–water partition coefficient (Wildman–Crippen LogP) is 2.62. The van der Waals surface area contributed by atoms with Crippen LogP contribution in [-0.2, 0) is 9.84 Å². The zero-order valence-electron chi connectivity index (χ0n) is 14.7. The first-order valence-electron chi connectivity index (χ1n) is 7.82. The van der Waals surface area contributed by atoms with E-state index in [0.717, 1.165) is 0 Å². The molecule has 1 fully saturated rings. The van der Waals surface area contributed by atoms with Crippen LogP contribution in [0.15, 0.2) is 34.2 Å².